The summed E-state index contributed by atoms with van der Waals surface area (Å²) in [5.74, 6) is 0.0830. The van der Waals surface area contributed by atoms with Crippen molar-refractivity contribution in [2.45, 2.75) is 43.5 Å². The van der Waals surface area contributed by atoms with Gasteiger partial charge in [-0.2, -0.15) is 4.31 Å². The molecule has 0 radical (unpaired) electrons. The summed E-state index contributed by atoms with van der Waals surface area (Å²) in [6.45, 7) is 2.62. The van der Waals surface area contributed by atoms with Gasteiger partial charge in [0.05, 0.1) is 4.90 Å². The lowest BCUT2D eigenvalue weighted by Crippen LogP contribution is -2.43. The Balaban J connectivity index is 2.32. The summed E-state index contributed by atoms with van der Waals surface area (Å²) in [5.41, 5.74) is 0. The Hall–Kier alpha value is -1.07. The van der Waals surface area contributed by atoms with Crippen molar-refractivity contribution in [3.63, 3.8) is 0 Å². The number of phenolic OH excluding ortho intramolecular Hbond substituents is 1. The molecule has 1 heterocycles. The highest BCUT2D eigenvalue weighted by Gasteiger charge is 2.32. The zero-order valence-corrected chi connectivity index (χ0v) is 11.4. The molecule has 1 aliphatic rings. The Morgan fingerprint density at radius 1 is 1.28 bits per heavy atom. The Morgan fingerprint density at radius 3 is 2.56 bits per heavy atom. The summed E-state index contributed by atoms with van der Waals surface area (Å²) in [5, 5.41) is 9.22. The van der Waals surface area contributed by atoms with E-state index in [0.717, 1.165) is 25.7 Å². The molecule has 1 N–H and O–H groups in total. The monoisotopic (exact) mass is 269 g/mol. The molecule has 1 saturated heterocycles. The van der Waals surface area contributed by atoms with Crippen LogP contribution in [0.5, 0.6) is 5.75 Å². The lowest BCUT2D eigenvalue weighted by molar-refractivity contribution is 0.246. The molecular weight excluding hydrogens is 250 g/mol. The van der Waals surface area contributed by atoms with Crippen molar-refractivity contribution in [3.05, 3.63) is 24.3 Å². The van der Waals surface area contributed by atoms with Gasteiger partial charge in [0.1, 0.15) is 5.75 Å². The van der Waals surface area contributed by atoms with Gasteiger partial charge in [0.2, 0.25) is 10.0 Å². The highest BCUT2D eigenvalue weighted by atomic mass is 32.2. The van der Waals surface area contributed by atoms with Gasteiger partial charge < -0.3 is 5.11 Å². The molecular formula is C13H19NO3S. The number of sulfonamides is 1. The van der Waals surface area contributed by atoms with Gasteiger partial charge in [0.25, 0.3) is 0 Å². The average molecular weight is 269 g/mol. The fourth-order valence-electron chi connectivity index (χ4n) is 2.45. The lowest BCUT2D eigenvalue weighted by Gasteiger charge is -2.34. The molecule has 0 spiro atoms. The zero-order valence-electron chi connectivity index (χ0n) is 10.5. The maximum atomic E-state index is 12.5. The van der Waals surface area contributed by atoms with Crippen molar-refractivity contribution in [3.8, 4) is 5.75 Å². The fourth-order valence-corrected chi connectivity index (χ4v) is 4.22. The van der Waals surface area contributed by atoms with Gasteiger partial charge in [-0.1, -0.05) is 13.3 Å². The first kappa shape index (κ1) is 13.4. The zero-order chi connectivity index (χ0) is 13.2. The van der Waals surface area contributed by atoms with Crippen LogP contribution in [0.4, 0.5) is 0 Å². The Morgan fingerprint density at radius 2 is 1.94 bits per heavy atom. The van der Waals surface area contributed by atoms with E-state index in [0.29, 0.717) is 6.54 Å². The predicted octanol–water partition coefficient (Wildman–Crippen LogP) is 2.35. The molecule has 0 amide bonds. The SMILES string of the molecule is CCC1CCCCN1S(=O)(=O)c1ccc(O)cc1. The van der Waals surface area contributed by atoms with Crippen molar-refractivity contribution in [1.29, 1.82) is 0 Å². The summed E-state index contributed by atoms with van der Waals surface area (Å²) in [6.07, 6.45) is 3.80. The number of aromatic hydroxyl groups is 1. The van der Waals surface area contributed by atoms with E-state index >= 15 is 0 Å². The van der Waals surface area contributed by atoms with Crippen LogP contribution in [0.15, 0.2) is 29.2 Å². The third-order valence-electron chi connectivity index (χ3n) is 3.49. The van der Waals surface area contributed by atoms with Gasteiger partial charge in [-0.3, -0.25) is 0 Å². The standard InChI is InChI=1S/C13H19NO3S/c1-2-11-5-3-4-10-14(11)18(16,17)13-8-6-12(15)7-9-13/h6-9,11,15H,2-5,10H2,1H3. The maximum Gasteiger partial charge on any atom is 0.243 e. The van der Waals surface area contributed by atoms with Crippen LogP contribution in [-0.2, 0) is 10.0 Å². The maximum absolute atomic E-state index is 12.5. The van der Waals surface area contributed by atoms with E-state index < -0.39 is 10.0 Å². The first-order valence-electron chi connectivity index (χ1n) is 6.36. The smallest absolute Gasteiger partial charge is 0.243 e. The number of hydrogen-bond donors (Lipinski definition) is 1. The minimum absolute atomic E-state index is 0.0830. The molecule has 1 aromatic carbocycles. The van der Waals surface area contributed by atoms with E-state index in [1.54, 1.807) is 4.31 Å². The van der Waals surface area contributed by atoms with Gasteiger partial charge in [-0.25, -0.2) is 8.42 Å². The van der Waals surface area contributed by atoms with E-state index in [9.17, 15) is 13.5 Å². The van der Waals surface area contributed by atoms with Crippen LogP contribution in [0.3, 0.4) is 0 Å². The summed E-state index contributed by atoms with van der Waals surface area (Å²) in [7, 11) is -3.42. The van der Waals surface area contributed by atoms with Crippen molar-refractivity contribution in [1.82, 2.24) is 4.31 Å². The van der Waals surface area contributed by atoms with Crippen LogP contribution in [0.25, 0.3) is 0 Å². The first-order chi connectivity index (χ1) is 8.55. The molecule has 1 fully saturated rings. The van der Waals surface area contributed by atoms with Gasteiger partial charge in [-0.15, -0.1) is 0 Å². The number of phenols is 1. The predicted molar refractivity (Wildman–Crippen MR) is 69.9 cm³/mol. The molecule has 5 heteroatoms. The van der Waals surface area contributed by atoms with Crippen LogP contribution in [0, 0.1) is 0 Å². The largest absolute Gasteiger partial charge is 0.508 e. The Kier molecular flexibility index (Phi) is 3.92. The van der Waals surface area contributed by atoms with Crippen LogP contribution in [-0.4, -0.2) is 30.4 Å². The molecule has 0 saturated carbocycles. The summed E-state index contributed by atoms with van der Waals surface area (Å²) >= 11 is 0. The summed E-state index contributed by atoms with van der Waals surface area (Å²) in [6, 6.07) is 5.87. The summed E-state index contributed by atoms with van der Waals surface area (Å²) in [4.78, 5) is 0.264. The number of rotatable bonds is 3. The van der Waals surface area contributed by atoms with Crippen LogP contribution in [0.1, 0.15) is 32.6 Å². The van der Waals surface area contributed by atoms with Gasteiger partial charge in [0, 0.05) is 12.6 Å². The number of nitrogens with zero attached hydrogens (tertiary/aromatic N) is 1. The molecule has 1 aliphatic heterocycles. The van der Waals surface area contributed by atoms with E-state index in [-0.39, 0.29) is 16.7 Å². The second-order valence-corrected chi connectivity index (χ2v) is 6.56. The molecule has 1 unspecified atom stereocenters. The Labute approximate surface area is 108 Å². The minimum atomic E-state index is -3.42. The Bertz CT molecular complexity index is 495. The number of benzene rings is 1. The molecule has 4 nitrogen and oxygen atoms in total. The van der Waals surface area contributed by atoms with E-state index in [1.807, 2.05) is 6.92 Å². The van der Waals surface area contributed by atoms with Crippen LogP contribution in [0.2, 0.25) is 0 Å². The van der Waals surface area contributed by atoms with Crippen molar-refractivity contribution >= 4 is 10.0 Å². The summed E-state index contributed by atoms with van der Waals surface area (Å²) < 4.78 is 26.6. The normalized spacial score (nSPS) is 21.9. The highest BCUT2D eigenvalue weighted by Crippen LogP contribution is 2.27. The minimum Gasteiger partial charge on any atom is -0.508 e. The molecule has 100 valence electrons. The fraction of sp³-hybridized carbons (Fsp3) is 0.538. The number of piperidine rings is 1. The molecule has 18 heavy (non-hydrogen) atoms. The van der Waals surface area contributed by atoms with Crippen molar-refractivity contribution in [2.75, 3.05) is 6.54 Å². The molecule has 0 bridgehead atoms. The van der Waals surface area contributed by atoms with E-state index in [4.69, 9.17) is 0 Å². The van der Waals surface area contributed by atoms with Crippen LogP contribution < -0.4 is 0 Å². The van der Waals surface area contributed by atoms with Crippen molar-refractivity contribution < 1.29 is 13.5 Å². The highest BCUT2D eigenvalue weighted by molar-refractivity contribution is 7.89. The van der Waals surface area contributed by atoms with E-state index in [1.165, 1.54) is 24.3 Å². The molecule has 0 aliphatic carbocycles. The lowest BCUT2D eigenvalue weighted by atomic mass is 10.0. The quantitative estimate of drug-likeness (QED) is 0.916. The second kappa shape index (κ2) is 5.28. The molecule has 2 rings (SSSR count). The molecule has 1 aromatic rings. The first-order valence-corrected chi connectivity index (χ1v) is 7.80. The third kappa shape index (κ3) is 2.52. The third-order valence-corrected chi connectivity index (χ3v) is 5.45. The molecule has 0 aromatic heterocycles. The van der Waals surface area contributed by atoms with Crippen LogP contribution >= 0.6 is 0 Å². The van der Waals surface area contributed by atoms with Gasteiger partial charge in [0.15, 0.2) is 0 Å². The number of hydrogen-bond acceptors (Lipinski definition) is 3. The second-order valence-electron chi connectivity index (χ2n) is 4.67. The van der Waals surface area contributed by atoms with E-state index in [2.05, 4.69) is 0 Å². The van der Waals surface area contributed by atoms with Gasteiger partial charge >= 0.3 is 0 Å². The average Bonchev–Trinajstić information content (AvgIpc) is 2.39. The van der Waals surface area contributed by atoms with Gasteiger partial charge in [-0.05, 0) is 43.5 Å². The topological polar surface area (TPSA) is 57.6 Å². The molecule has 1 atom stereocenters. The van der Waals surface area contributed by atoms with Crippen molar-refractivity contribution in [2.24, 2.45) is 0 Å².